The smallest absolute Gasteiger partial charge is 0.412 e. The molecule has 0 atom stereocenters. The molecule has 1 aliphatic rings. The van der Waals surface area contributed by atoms with Crippen LogP contribution in [0.15, 0.2) is 47.2 Å². The Morgan fingerprint density at radius 1 is 1.15 bits per heavy atom. The van der Waals surface area contributed by atoms with Gasteiger partial charge in [0, 0.05) is 62.3 Å². The van der Waals surface area contributed by atoms with Gasteiger partial charge >= 0.3 is 6.09 Å². The summed E-state index contributed by atoms with van der Waals surface area (Å²) < 4.78 is 5.31. The largest absolute Gasteiger partial charge is 0.444 e. The topological polar surface area (TPSA) is 102 Å². The van der Waals surface area contributed by atoms with Gasteiger partial charge in [-0.3, -0.25) is 15.1 Å². The van der Waals surface area contributed by atoms with Gasteiger partial charge in [0.2, 0.25) is 0 Å². The van der Waals surface area contributed by atoms with E-state index in [1.807, 2.05) is 6.07 Å². The fraction of sp³-hybridized carbons (Fsp3) is 0.533. The minimum Gasteiger partial charge on any atom is -0.444 e. The number of nitrogens with one attached hydrogen (secondary N) is 3. The second kappa shape index (κ2) is 15.0. The number of hydrogen-bond acceptors (Lipinski definition) is 9. The van der Waals surface area contributed by atoms with Gasteiger partial charge < -0.3 is 30.1 Å². The van der Waals surface area contributed by atoms with Crippen LogP contribution in [0.4, 0.5) is 16.2 Å². The number of pyridine rings is 1. The van der Waals surface area contributed by atoms with Gasteiger partial charge in [-0.15, -0.1) is 11.3 Å². The number of nitrogens with zero attached hydrogens (tertiary/aromatic N) is 4. The SMILES string of the molecule is C=C=C(NC(C)C)N(CCCN1CCN(C)CC1)Cc1ccc(C(=O)Nc2cscc2NC(=O)OC(C)(C)C)nc1. The molecule has 2 aromatic rings. The number of ether oxygens (including phenoxy) is 1. The lowest BCUT2D eigenvalue weighted by Crippen LogP contribution is -2.45. The van der Waals surface area contributed by atoms with Gasteiger partial charge in [0.15, 0.2) is 0 Å². The van der Waals surface area contributed by atoms with Gasteiger partial charge in [-0.05, 0) is 66.3 Å². The van der Waals surface area contributed by atoms with E-state index in [2.05, 4.69) is 68.8 Å². The normalized spacial score (nSPS) is 14.3. The molecular formula is C30H45N7O3S. The highest BCUT2D eigenvalue weighted by Gasteiger charge is 2.19. The molecule has 3 N–H and O–H groups in total. The number of aromatic nitrogens is 1. The summed E-state index contributed by atoms with van der Waals surface area (Å²) in [6, 6.07) is 3.88. The van der Waals surface area contributed by atoms with E-state index >= 15 is 0 Å². The second-order valence-electron chi connectivity index (χ2n) is 11.6. The Kier molecular flexibility index (Phi) is 11.8. The summed E-state index contributed by atoms with van der Waals surface area (Å²) in [6.45, 7) is 20.4. The third-order valence-corrected chi connectivity index (χ3v) is 7.13. The third kappa shape index (κ3) is 10.8. The lowest BCUT2D eigenvalue weighted by Gasteiger charge is -2.33. The van der Waals surface area contributed by atoms with Crippen LogP contribution in [0.1, 0.15) is 57.1 Å². The summed E-state index contributed by atoms with van der Waals surface area (Å²) >= 11 is 1.36. The number of carbonyl (C=O) groups is 2. The van der Waals surface area contributed by atoms with Crippen molar-refractivity contribution in [3.63, 3.8) is 0 Å². The molecule has 11 heteroatoms. The molecule has 10 nitrogen and oxygen atoms in total. The van der Waals surface area contributed by atoms with Crippen molar-refractivity contribution in [2.75, 3.05) is 56.9 Å². The molecule has 2 amide bonds. The molecule has 1 fully saturated rings. The van der Waals surface area contributed by atoms with E-state index in [9.17, 15) is 9.59 Å². The Morgan fingerprint density at radius 3 is 2.41 bits per heavy atom. The average Bonchev–Trinajstić information content (AvgIpc) is 3.33. The molecule has 0 radical (unpaired) electrons. The van der Waals surface area contributed by atoms with Gasteiger partial charge in [-0.25, -0.2) is 4.79 Å². The minimum atomic E-state index is -0.623. The van der Waals surface area contributed by atoms with Crippen molar-refractivity contribution < 1.29 is 14.3 Å². The van der Waals surface area contributed by atoms with Crippen LogP contribution in [0.3, 0.4) is 0 Å². The lowest BCUT2D eigenvalue weighted by molar-refractivity contribution is 0.0635. The van der Waals surface area contributed by atoms with E-state index in [1.54, 1.807) is 43.8 Å². The maximum absolute atomic E-state index is 12.9. The zero-order chi connectivity index (χ0) is 30.0. The number of anilines is 2. The Balaban J connectivity index is 1.61. The first kappa shape index (κ1) is 32.1. The van der Waals surface area contributed by atoms with Crippen LogP contribution >= 0.6 is 11.3 Å². The highest BCUT2D eigenvalue weighted by atomic mass is 32.1. The maximum atomic E-state index is 12.9. The summed E-state index contributed by atoms with van der Waals surface area (Å²) in [7, 11) is 2.17. The van der Waals surface area contributed by atoms with E-state index in [4.69, 9.17) is 4.74 Å². The van der Waals surface area contributed by atoms with E-state index in [0.29, 0.717) is 17.9 Å². The molecule has 0 aromatic carbocycles. The van der Waals surface area contributed by atoms with Crippen LogP contribution in [0.2, 0.25) is 0 Å². The first-order valence-corrected chi connectivity index (χ1v) is 15.0. The molecule has 0 spiro atoms. The van der Waals surface area contributed by atoms with E-state index in [1.165, 1.54) is 11.3 Å². The summed E-state index contributed by atoms with van der Waals surface area (Å²) in [5.41, 5.74) is 4.67. The van der Waals surface area contributed by atoms with Crippen LogP contribution in [0, 0.1) is 0 Å². The molecular weight excluding hydrogens is 538 g/mol. The molecule has 1 aliphatic heterocycles. The van der Waals surface area contributed by atoms with E-state index in [0.717, 1.165) is 57.1 Å². The quantitative estimate of drug-likeness (QED) is 0.306. The Labute approximate surface area is 248 Å². The summed E-state index contributed by atoms with van der Waals surface area (Å²) in [5.74, 6) is 0.502. The highest BCUT2D eigenvalue weighted by Crippen LogP contribution is 2.27. The predicted octanol–water partition coefficient (Wildman–Crippen LogP) is 4.81. The third-order valence-electron chi connectivity index (χ3n) is 6.38. The van der Waals surface area contributed by atoms with E-state index < -0.39 is 11.7 Å². The van der Waals surface area contributed by atoms with Crippen molar-refractivity contribution in [3.05, 3.63) is 58.5 Å². The molecule has 41 heavy (non-hydrogen) atoms. The molecule has 0 unspecified atom stereocenters. The summed E-state index contributed by atoms with van der Waals surface area (Å²) in [4.78, 5) is 36.7. The van der Waals surface area contributed by atoms with Gasteiger partial charge in [0.1, 0.15) is 17.1 Å². The van der Waals surface area contributed by atoms with Crippen molar-refractivity contribution in [3.8, 4) is 0 Å². The second-order valence-corrected chi connectivity index (χ2v) is 12.3. The maximum Gasteiger partial charge on any atom is 0.412 e. The predicted molar refractivity (Wildman–Crippen MR) is 166 cm³/mol. The van der Waals surface area contributed by atoms with Crippen LogP contribution in [-0.2, 0) is 11.3 Å². The van der Waals surface area contributed by atoms with Crippen molar-refractivity contribution in [1.29, 1.82) is 0 Å². The van der Waals surface area contributed by atoms with Crippen LogP contribution in [0.25, 0.3) is 0 Å². The Morgan fingerprint density at radius 2 is 1.83 bits per heavy atom. The average molecular weight is 584 g/mol. The Hall–Kier alpha value is -3.37. The van der Waals surface area contributed by atoms with Crippen molar-refractivity contribution in [1.82, 2.24) is 25.0 Å². The standard InChI is InChI=1S/C30H45N7O3S/c1-8-27(32-22(2)3)37(13-9-12-36-16-14-35(7)15-17-36)19-23-10-11-24(31-18-23)28(38)33-25-20-41-21-26(25)34-29(39)40-30(4,5)6/h10-11,18,20-22,32H,1,9,12-17,19H2,2-7H3,(H,33,38)(H,34,39). The van der Waals surface area contributed by atoms with Gasteiger partial charge in [0.05, 0.1) is 11.4 Å². The first-order valence-electron chi connectivity index (χ1n) is 14.1. The van der Waals surface area contributed by atoms with Crippen molar-refractivity contribution >= 4 is 34.7 Å². The molecule has 0 aliphatic carbocycles. The molecule has 3 heterocycles. The molecule has 224 valence electrons. The van der Waals surface area contributed by atoms with Crippen LogP contribution in [-0.4, -0.2) is 89.6 Å². The zero-order valence-corrected chi connectivity index (χ0v) is 26.1. The minimum absolute atomic E-state index is 0.246. The van der Waals surface area contributed by atoms with Crippen molar-refractivity contribution in [2.24, 2.45) is 0 Å². The molecule has 0 saturated carbocycles. The number of piperazine rings is 1. The first-order chi connectivity index (χ1) is 19.4. The molecule has 0 bridgehead atoms. The van der Waals surface area contributed by atoms with Gasteiger partial charge in [-0.2, -0.15) is 0 Å². The van der Waals surface area contributed by atoms with Gasteiger partial charge in [-0.1, -0.05) is 18.4 Å². The number of amides is 2. The number of thiophene rings is 1. The monoisotopic (exact) mass is 583 g/mol. The van der Waals surface area contributed by atoms with Crippen LogP contribution in [0.5, 0.6) is 0 Å². The summed E-state index contributed by atoms with van der Waals surface area (Å²) in [5, 5.41) is 12.5. The lowest BCUT2D eigenvalue weighted by atomic mass is 10.2. The number of hydrogen-bond donors (Lipinski definition) is 3. The molecule has 2 aromatic heterocycles. The molecule has 3 rings (SSSR count). The number of likely N-dealkylation sites (N-methyl/N-ethyl adjacent to an activating group) is 1. The zero-order valence-electron chi connectivity index (χ0n) is 25.2. The fourth-order valence-electron chi connectivity index (χ4n) is 4.32. The van der Waals surface area contributed by atoms with Crippen LogP contribution < -0.4 is 16.0 Å². The molecule has 1 saturated heterocycles. The summed E-state index contributed by atoms with van der Waals surface area (Å²) in [6.07, 6.45) is 2.16. The Bertz CT molecular complexity index is 1190. The van der Waals surface area contributed by atoms with E-state index in [-0.39, 0.29) is 17.6 Å². The number of rotatable bonds is 12. The fourth-order valence-corrected chi connectivity index (χ4v) is 5.03. The van der Waals surface area contributed by atoms with Gasteiger partial charge in [0.25, 0.3) is 5.91 Å². The number of carbonyl (C=O) groups excluding carboxylic acids is 2. The van der Waals surface area contributed by atoms with Crippen molar-refractivity contribution in [2.45, 2.75) is 59.2 Å². The highest BCUT2D eigenvalue weighted by molar-refractivity contribution is 7.09.